The number of hydrogen-bond donors (Lipinski definition) is 0. The van der Waals surface area contributed by atoms with Crippen LogP contribution in [0, 0.1) is 6.92 Å². The maximum absolute atomic E-state index is 12.5. The topological polar surface area (TPSA) is 70.2 Å². The van der Waals surface area contributed by atoms with E-state index in [0.29, 0.717) is 18.1 Å². The fourth-order valence-corrected chi connectivity index (χ4v) is 3.08. The van der Waals surface area contributed by atoms with E-state index < -0.39 is 0 Å². The van der Waals surface area contributed by atoms with Crippen LogP contribution in [-0.4, -0.2) is 21.8 Å². The van der Waals surface area contributed by atoms with Gasteiger partial charge in [-0.1, -0.05) is 11.2 Å². The van der Waals surface area contributed by atoms with Gasteiger partial charge in [0.25, 0.3) is 5.56 Å². The number of hydrogen-bond acceptors (Lipinski definition) is 5. The third kappa shape index (κ3) is 2.75. The summed E-state index contributed by atoms with van der Waals surface area (Å²) in [6.45, 7) is 2.25. The van der Waals surface area contributed by atoms with Crippen LogP contribution in [0.4, 0.5) is 0 Å². The van der Waals surface area contributed by atoms with Gasteiger partial charge in [0.15, 0.2) is 0 Å². The molecule has 3 heterocycles. The standard InChI is InChI=1S/C20H17N3O3/c1-13-17(11-22-26-13)16-9-14-6-7-20(24)23(18(14)10-19(16)25-2)12-15-5-3-4-8-21-15/h3-11H,12H2,1-2H3. The predicted octanol–water partition coefficient (Wildman–Crippen LogP) is 3.42. The number of methoxy groups -OCH3 is 1. The molecule has 0 atom stereocenters. The normalized spacial score (nSPS) is 11.0. The van der Waals surface area contributed by atoms with Crippen molar-refractivity contribution in [3.05, 3.63) is 76.7 Å². The van der Waals surface area contributed by atoms with Crippen LogP contribution in [0.15, 0.2) is 64.2 Å². The predicted molar refractivity (Wildman–Crippen MR) is 98.3 cm³/mol. The number of aromatic nitrogens is 3. The maximum Gasteiger partial charge on any atom is 0.251 e. The average Bonchev–Trinajstić information content (AvgIpc) is 3.09. The highest BCUT2D eigenvalue weighted by atomic mass is 16.5. The van der Waals surface area contributed by atoms with Crippen molar-refractivity contribution in [3.8, 4) is 16.9 Å². The van der Waals surface area contributed by atoms with E-state index in [2.05, 4.69) is 10.1 Å². The largest absolute Gasteiger partial charge is 0.496 e. The van der Waals surface area contributed by atoms with Gasteiger partial charge in [-0.3, -0.25) is 9.78 Å². The van der Waals surface area contributed by atoms with Crippen molar-refractivity contribution in [2.24, 2.45) is 0 Å². The monoisotopic (exact) mass is 347 g/mol. The van der Waals surface area contributed by atoms with Gasteiger partial charge < -0.3 is 13.8 Å². The van der Waals surface area contributed by atoms with Crippen molar-refractivity contribution in [1.82, 2.24) is 14.7 Å². The molecule has 0 fully saturated rings. The van der Waals surface area contributed by atoms with Gasteiger partial charge in [-0.2, -0.15) is 0 Å². The van der Waals surface area contributed by atoms with Crippen LogP contribution in [0.1, 0.15) is 11.5 Å². The highest BCUT2D eigenvalue weighted by molar-refractivity contribution is 5.89. The molecule has 6 heteroatoms. The third-order valence-electron chi connectivity index (χ3n) is 4.40. The van der Waals surface area contributed by atoms with Crippen molar-refractivity contribution < 1.29 is 9.26 Å². The summed E-state index contributed by atoms with van der Waals surface area (Å²) in [5.74, 6) is 1.37. The Morgan fingerprint density at radius 1 is 1.15 bits per heavy atom. The molecule has 0 aliphatic heterocycles. The first-order valence-corrected chi connectivity index (χ1v) is 8.20. The lowest BCUT2D eigenvalue weighted by molar-refractivity contribution is 0.397. The van der Waals surface area contributed by atoms with Crippen LogP contribution in [0.2, 0.25) is 0 Å². The second-order valence-electron chi connectivity index (χ2n) is 5.99. The molecule has 6 nitrogen and oxygen atoms in total. The molecule has 26 heavy (non-hydrogen) atoms. The minimum atomic E-state index is -0.0842. The molecule has 0 saturated heterocycles. The summed E-state index contributed by atoms with van der Waals surface area (Å²) < 4.78 is 12.5. The fraction of sp³-hybridized carbons (Fsp3) is 0.150. The van der Waals surface area contributed by atoms with Gasteiger partial charge in [0.2, 0.25) is 0 Å². The SMILES string of the molecule is COc1cc2c(ccc(=O)n2Cc2ccccn2)cc1-c1cnoc1C. The van der Waals surface area contributed by atoms with E-state index in [9.17, 15) is 4.79 Å². The van der Waals surface area contributed by atoms with Crippen molar-refractivity contribution in [3.63, 3.8) is 0 Å². The van der Waals surface area contributed by atoms with E-state index in [4.69, 9.17) is 9.26 Å². The Bertz CT molecular complexity index is 1130. The fourth-order valence-electron chi connectivity index (χ4n) is 3.08. The lowest BCUT2D eigenvalue weighted by atomic mass is 10.0. The van der Waals surface area contributed by atoms with E-state index in [1.165, 1.54) is 0 Å². The zero-order valence-corrected chi connectivity index (χ0v) is 14.5. The number of rotatable bonds is 4. The molecule has 0 saturated carbocycles. The number of fused-ring (bicyclic) bond motifs is 1. The minimum Gasteiger partial charge on any atom is -0.496 e. The van der Waals surface area contributed by atoms with Gasteiger partial charge in [0.1, 0.15) is 11.5 Å². The third-order valence-corrected chi connectivity index (χ3v) is 4.40. The quantitative estimate of drug-likeness (QED) is 0.566. The maximum atomic E-state index is 12.5. The van der Waals surface area contributed by atoms with Crippen LogP contribution < -0.4 is 10.3 Å². The van der Waals surface area contributed by atoms with Gasteiger partial charge in [0.05, 0.1) is 31.1 Å². The van der Waals surface area contributed by atoms with Crippen LogP contribution in [0.3, 0.4) is 0 Å². The summed E-state index contributed by atoms with van der Waals surface area (Å²) in [5, 5.41) is 4.77. The number of pyridine rings is 2. The first-order valence-electron chi connectivity index (χ1n) is 8.20. The van der Waals surface area contributed by atoms with Crippen molar-refractivity contribution >= 4 is 10.9 Å². The number of ether oxygens (including phenoxy) is 1. The molecule has 130 valence electrons. The molecule has 1 aromatic carbocycles. The minimum absolute atomic E-state index is 0.0842. The lowest BCUT2D eigenvalue weighted by Crippen LogP contribution is -2.20. The zero-order chi connectivity index (χ0) is 18.1. The molecule has 0 unspecified atom stereocenters. The van der Waals surface area contributed by atoms with E-state index in [0.717, 1.165) is 27.7 Å². The second kappa shape index (κ2) is 6.48. The van der Waals surface area contributed by atoms with Gasteiger partial charge >= 0.3 is 0 Å². The first-order chi connectivity index (χ1) is 12.7. The van der Waals surface area contributed by atoms with Crippen molar-refractivity contribution in [1.29, 1.82) is 0 Å². The molecule has 0 radical (unpaired) electrons. The molecule has 0 bridgehead atoms. The molecule has 0 spiro atoms. The summed E-state index contributed by atoms with van der Waals surface area (Å²) >= 11 is 0. The molecule has 0 aliphatic rings. The zero-order valence-electron chi connectivity index (χ0n) is 14.5. The molecular formula is C20H17N3O3. The molecule has 0 amide bonds. The van der Waals surface area contributed by atoms with E-state index in [1.807, 2.05) is 43.3 Å². The summed E-state index contributed by atoms with van der Waals surface area (Å²) in [7, 11) is 1.61. The number of nitrogens with zero attached hydrogens (tertiary/aromatic N) is 3. The van der Waals surface area contributed by atoms with Crippen molar-refractivity contribution in [2.45, 2.75) is 13.5 Å². The Hall–Kier alpha value is -3.41. The summed E-state index contributed by atoms with van der Waals surface area (Å²) in [4.78, 5) is 16.8. The Kier molecular flexibility index (Phi) is 4.01. The Labute approximate surface area is 149 Å². The van der Waals surface area contributed by atoms with Gasteiger partial charge in [0, 0.05) is 29.5 Å². The molecule has 4 aromatic rings. The van der Waals surface area contributed by atoms with Crippen molar-refractivity contribution in [2.75, 3.05) is 7.11 Å². The van der Waals surface area contributed by atoms with E-state index >= 15 is 0 Å². The van der Waals surface area contributed by atoms with Crippen LogP contribution in [0.5, 0.6) is 5.75 Å². The van der Waals surface area contributed by atoms with Gasteiger partial charge in [-0.15, -0.1) is 0 Å². The molecule has 0 N–H and O–H groups in total. The molecule has 4 rings (SSSR count). The van der Waals surface area contributed by atoms with E-state index in [-0.39, 0.29) is 5.56 Å². The van der Waals surface area contributed by atoms with Crippen LogP contribution >= 0.6 is 0 Å². The highest BCUT2D eigenvalue weighted by Gasteiger charge is 2.15. The summed E-state index contributed by atoms with van der Waals surface area (Å²) in [6, 6.07) is 12.9. The first kappa shape index (κ1) is 16.1. The number of benzene rings is 1. The van der Waals surface area contributed by atoms with E-state index in [1.54, 1.807) is 30.1 Å². The number of aryl methyl sites for hydroxylation is 1. The van der Waals surface area contributed by atoms with Gasteiger partial charge in [-0.25, -0.2) is 0 Å². The molecule has 0 aliphatic carbocycles. The Morgan fingerprint density at radius 3 is 2.73 bits per heavy atom. The second-order valence-corrected chi connectivity index (χ2v) is 5.99. The Balaban J connectivity index is 1.93. The lowest BCUT2D eigenvalue weighted by Gasteiger charge is -2.14. The van der Waals surface area contributed by atoms with Crippen LogP contribution in [-0.2, 0) is 6.54 Å². The smallest absolute Gasteiger partial charge is 0.251 e. The molecular weight excluding hydrogens is 330 g/mol. The summed E-state index contributed by atoms with van der Waals surface area (Å²) in [6.07, 6.45) is 3.39. The van der Waals surface area contributed by atoms with Gasteiger partial charge in [-0.05, 0) is 36.6 Å². The summed E-state index contributed by atoms with van der Waals surface area (Å²) in [5.41, 5.74) is 3.27. The highest BCUT2D eigenvalue weighted by Crippen LogP contribution is 2.35. The average molecular weight is 347 g/mol. The Morgan fingerprint density at radius 2 is 2.04 bits per heavy atom. The molecule has 3 aromatic heterocycles. The van der Waals surface area contributed by atoms with Crippen LogP contribution in [0.25, 0.3) is 22.0 Å².